The number of rotatable bonds is 5. The van der Waals surface area contributed by atoms with Gasteiger partial charge in [0.1, 0.15) is 5.75 Å². The van der Waals surface area contributed by atoms with Crippen LogP contribution >= 0.6 is 31.9 Å². The van der Waals surface area contributed by atoms with Crippen LogP contribution in [0.25, 0.3) is 0 Å². The zero-order valence-electron chi connectivity index (χ0n) is 13.3. The normalized spacial score (nSPS) is 11.9. The highest BCUT2D eigenvalue weighted by molar-refractivity contribution is 9.11. The zero-order valence-corrected chi connectivity index (χ0v) is 16.5. The van der Waals surface area contributed by atoms with E-state index in [1.165, 1.54) is 5.56 Å². The van der Waals surface area contributed by atoms with E-state index >= 15 is 0 Å². The van der Waals surface area contributed by atoms with Crippen molar-refractivity contribution in [3.8, 4) is 5.75 Å². The first-order valence-corrected chi connectivity index (χ1v) is 8.99. The Morgan fingerprint density at radius 1 is 1.22 bits per heavy atom. The molecule has 0 bridgehead atoms. The van der Waals surface area contributed by atoms with Crippen molar-refractivity contribution in [3.05, 3.63) is 56.5 Å². The SMILES string of the molecule is CC[C@@H](C)c1ccc(NC(=O)c2cc(Br)cc(Br)c2OC)cc1. The number of carbonyl (C=O) groups excluding carboxylic acids is 1. The standard InChI is InChI=1S/C18H19Br2NO2/c1-4-11(2)12-5-7-14(8-6-12)21-18(22)15-9-13(19)10-16(20)17(15)23-3/h5-11H,4H2,1-3H3,(H,21,22)/t11-/m1/s1. The summed E-state index contributed by atoms with van der Waals surface area (Å²) in [5.74, 6) is 0.822. The summed E-state index contributed by atoms with van der Waals surface area (Å²) >= 11 is 6.81. The topological polar surface area (TPSA) is 38.3 Å². The van der Waals surface area contributed by atoms with Crippen LogP contribution in [0, 0.1) is 0 Å². The number of nitrogens with one attached hydrogen (secondary N) is 1. The maximum Gasteiger partial charge on any atom is 0.259 e. The van der Waals surface area contributed by atoms with Crippen molar-refractivity contribution < 1.29 is 9.53 Å². The van der Waals surface area contributed by atoms with Gasteiger partial charge in [0.15, 0.2) is 0 Å². The van der Waals surface area contributed by atoms with Crippen molar-refractivity contribution in [1.29, 1.82) is 0 Å². The van der Waals surface area contributed by atoms with Gasteiger partial charge in [0, 0.05) is 10.2 Å². The molecule has 5 heteroatoms. The van der Waals surface area contributed by atoms with E-state index in [1.54, 1.807) is 13.2 Å². The molecular weight excluding hydrogens is 422 g/mol. The quantitative estimate of drug-likeness (QED) is 0.620. The molecule has 0 saturated heterocycles. The predicted molar refractivity (Wildman–Crippen MR) is 101 cm³/mol. The van der Waals surface area contributed by atoms with Gasteiger partial charge < -0.3 is 10.1 Å². The number of ether oxygens (including phenoxy) is 1. The van der Waals surface area contributed by atoms with E-state index in [0.717, 1.165) is 21.1 Å². The lowest BCUT2D eigenvalue weighted by molar-refractivity contribution is 0.102. The molecule has 0 fully saturated rings. The summed E-state index contributed by atoms with van der Waals surface area (Å²) in [6, 6.07) is 11.6. The highest BCUT2D eigenvalue weighted by Gasteiger charge is 2.16. The fourth-order valence-electron chi connectivity index (χ4n) is 2.27. The van der Waals surface area contributed by atoms with Gasteiger partial charge in [-0.3, -0.25) is 4.79 Å². The van der Waals surface area contributed by atoms with E-state index in [0.29, 0.717) is 17.2 Å². The minimum absolute atomic E-state index is 0.208. The second kappa shape index (κ2) is 7.97. The molecule has 1 atom stereocenters. The molecule has 0 aromatic heterocycles. The third-order valence-corrected chi connectivity index (χ3v) is 4.85. The molecule has 122 valence electrons. The molecule has 1 N–H and O–H groups in total. The second-order valence-corrected chi connectivity index (χ2v) is 7.12. The Balaban J connectivity index is 2.22. The molecule has 1 amide bonds. The molecule has 2 aromatic carbocycles. The van der Waals surface area contributed by atoms with Crippen molar-refractivity contribution in [3.63, 3.8) is 0 Å². The van der Waals surface area contributed by atoms with Crippen LogP contribution in [0.3, 0.4) is 0 Å². The summed E-state index contributed by atoms with van der Waals surface area (Å²) < 4.78 is 6.86. The number of benzene rings is 2. The van der Waals surface area contributed by atoms with E-state index in [2.05, 4.69) is 63.2 Å². The Kier molecular flexibility index (Phi) is 6.25. The fourth-order valence-corrected chi connectivity index (χ4v) is 3.65. The molecule has 0 saturated carbocycles. The van der Waals surface area contributed by atoms with Gasteiger partial charge in [-0.25, -0.2) is 0 Å². The Morgan fingerprint density at radius 2 is 1.87 bits per heavy atom. The van der Waals surface area contributed by atoms with Crippen LogP contribution in [0.15, 0.2) is 45.3 Å². The van der Waals surface area contributed by atoms with Gasteiger partial charge in [-0.2, -0.15) is 0 Å². The van der Waals surface area contributed by atoms with Gasteiger partial charge in [-0.1, -0.05) is 41.9 Å². The Labute approximate surface area is 153 Å². The molecule has 0 aliphatic heterocycles. The molecule has 0 heterocycles. The van der Waals surface area contributed by atoms with Crippen LogP contribution in [-0.4, -0.2) is 13.0 Å². The Hall–Kier alpha value is -1.33. The van der Waals surface area contributed by atoms with Crippen molar-refractivity contribution >= 4 is 43.5 Å². The molecule has 0 aliphatic carbocycles. The number of methoxy groups -OCH3 is 1. The predicted octanol–water partition coefficient (Wildman–Crippen LogP) is 5.99. The summed E-state index contributed by atoms with van der Waals surface area (Å²) in [5.41, 5.74) is 2.51. The first-order valence-electron chi connectivity index (χ1n) is 7.40. The third kappa shape index (κ3) is 4.36. The van der Waals surface area contributed by atoms with Gasteiger partial charge in [-0.05, 0) is 58.1 Å². The summed E-state index contributed by atoms with van der Waals surface area (Å²) in [7, 11) is 1.55. The highest BCUT2D eigenvalue weighted by atomic mass is 79.9. The molecule has 23 heavy (non-hydrogen) atoms. The van der Waals surface area contributed by atoms with Crippen molar-refractivity contribution in [2.45, 2.75) is 26.2 Å². The maximum absolute atomic E-state index is 12.5. The number of hydrogen-bond donors (Lipinski definition) is 1. The minimum Gasteiger partial charge on any atom is -0.495 e. The molecule has 0 aliphatic rings. The van der Waals surface area contributed by atoms with Crippen LogP contribution < -0.4 is 10.1 Å². The molecule has 0 spiro atoms. The number of amides is 1. The molecule has 0 unspecified atom stereocenters. The Morgan fingerprint density at radius 3 is 2.43 bits per heavy atom. The van der Waals surface area contributed by atoms with Crippen LogP contribution in [0.4, 0.5) is 5.69 Å². The summed E-state index contributed by atoms with van der Waals surface area (Å²) in [5, 5.41) is 2.91. The summed E-state index contributed by atoms with van der Waals surface area (Å²) in [6.45, 7) is 4.36. The average molecular weight is 441 g/mol. The Bertz CT molecular complexity index is 699. The highest BCUT2D eigenvalue weighted by Crippen LogP contribution is 2.33. The lowest BCUT2D eigenvalue weighted by Gasteiger charge is -2.13. The van der Waals surface area contributed by atoms with E-state index < -0.39 is 0 Å². The third-order valence-electron chi connectivity index (χ3n) is 3.81. The zero-order chi connectivity index (χ0) is 17.0. The van der Waals surface area contributed by atoms with Crippen LogP contribution in [-0.2, 0) is 0 Å². The maximum atomic E-state index is 12.5. The van der Waals surface area contributed by atoms with Crippen molar-refractivity contribution in [2.24, 2.45) is 0 Å². The van der Waals surface area contributed by atoms with Crippen LogP contribution in [0.1, 0.15) is 42.1 Å². The van der Waals surface area contributed by atoms with Crippen molar-refractivity contribution in [2.75, 3.05) is 12.4 Å². The molecule has 2 rings (SSSR count). The lowest BCUT2D eigenvalue weighted by atomic mass is 9.98. The average Bonchev–Trinajstić information content (AvgIpc) is 2.54. The largest absolute Gasteiger partial charge is 0.495 e. The van der Waals surface area contributed by atoms with E-state index in [9.17, 15) is 4.79 Å². The first kappa shape index (κ1) is 18.0. The smallest absolute Gasteiger partial charge is 0.259 e. The second-order valence-electron chi connectivity index (χ2n) is 5.35. The summed E-state index contributed by atoms with van der Waals surface area (Å²) in [4.78, 5) is 12.5. The molecule has 0 radical (unpaired) electrons. The monoisotopic (exact) mass is 439 g/mol. The van der Waals surface area contributed by atoms with Gasteiger partial charge in [0.25, 0.3) is 5.91 Å². The molecular formula is C18H19Br2NO2. The summed E-state index contributed by atoms with van der Waals surface area (Å²) in [6.07, 6.45) is 1.09. The number of carbonyl (C=O) groups is 1. The number of hydrogen-bond acceptors (Lipinski definition) is 2. The molecule has 3 nitrogen and oxygen atoms in total. The van der Waals surface area contributed by atoms with E-state index in [-0.39, 0.29) is 5.91 Å². The first-order chi connectivity index (χ1) is 11.0. The van der Waals surface area contributed by atoms with Gasteiger partial charge in [-0.15, -0.1) is 0 Å². The van der Waals surface area contributed by atoms with Crippen LogP contribution in [0.5, 0.6) is 5.75 Å². The number of halogens is 2. The van der Waals surface area contributed by atoms with Crippen molar-refractivity contribution in [1.82, 2.24) is 0 Å². The molecule has 2 aromatic rings. The van der Waals surface area contributed by atoms with Gasteiger partial charge in [0.2, 0.25) is 0 Å². The van der Waals surface area contributed by atoms with Crippen LogP contribution in [0.2, 0.25) is 0 Å². The minimum atomic E-state index is -0.208. The van der Waals surface area contributed by atoms with E-state index in [1.807, 2.05) is 18.2 Å². The van der Waals surface area contributed by atoms with E-state index in [4.69, 9.17) is 4.74 Å². The number of anilines is 1. The fraction of sp³-hybridized carbons (Fsp3) is 0.278. The van der Waals surface area contributed by atoms with Gasteiger partial charge in [0.05, 0.1) is 17.1 Å². The van der Waals surface area contributed by atoms with Gasteiger partial charge >= 0.3 is 0 Å². The lowest BCUT2D eigenvalue weighted by Crippen LogP contribution is -2.13.